The van der Waals surface area contributed by atoms with Crippen molar-refractivity contribution in [2.45, 2.75) is 13.0 Å². The standard InChI is InChI=1S/C24H20O4/c1-15-4-3-5-17(12-15)24-21(13-16-6-9-19(27-2)10-7-16)23(26)20-14-18(25)8-11-22(20)28-24/h3-14,24-25H,1-2H3. The Morgan fingerprint density at radius 3 is 2.54 bits per heavy atom. The van der Waals surface area contributed by atoms with Crippen LogP contribution in [-0.2, 0) is 0 Å². The van der Waals surface area contributed by atoms with Crippen LogP contribution in [0.15, 0.2) is 72.3 Å². The van der Waals surface area contributed by atoms with Gasteiger partial charge in [-0.1, -0.05) is 42.0 Å². The molecule has 3 aromatic rings. The molecule has 4 nitrogen and oxygen atoms in total. The molecule has 1 N–H and O–H groups in total. The minimum atomic E-state index is -0.522. The van der Waals surface area contributed by atoms with Crippen LogP contribution in [0.3, 0.4) is 0 Å². The van der Waals surface area contributed by atoms with Crippen molar-refractivity contribution in [1.29, 1.82) is 0 Å². The second kappa shape index (κ2) is 7.24. The van der Waals surface area contributed by atoms with Gasteiger partial charge in [-0.25, -0.2) is 0 Å². The molecule has 28 heavy (non-hydrogen) atoms. The van der Waals surface area contributed by atoms with Gasteiger partial charge in [0.2, 0.25) is 0 Å². The van der Waals surface area contributed by atoms with E-state index in [1.165, 1.54) is 12.1 Å². The fourth-order valence-corrected chi connectivity index (χ4v) is 3.36. The quantitative estimate of drug-likeness (QED) is 0.649. The lowest BCUT2D eigenvalue weighted by Gasteiger charge is -2.28. The molecule has 0 bridgehead atoms. The molecular formula is C24H20O4. The Morgan fingerprint density at radius 1 is 1.04 bits per heavy atom. The number of phenolic OH excluding ortho intramolecular Hbond substituents is 1. The third-order valence-corrected chi connectivity index (χ3v) is 4.78. The number of ether oxygens (including phenoxy) is 2. The normalized spacial score (nSPS) is 17.1. The lowest BCUT2D eigenvalue weighted by atomic mass is 9.89. The van der Waals surface area contributed by atoms with E-state index in [9.17, 15) is 9.90 Å². The van der Waals surface area contributed by atoms with Gasteiger partial charge in [-0.05, 0) is 54.5 Å². The maximum Gasteiger partial charge on any atom is 0.196 e. The average Bonchev–Trinajstić information content (AvgIpc) is 2.71. The molecule has 0 amide bonds. The predicted molar refractivity (Wildman–Crippen MR) is 108 cm³/mol. The summed E-state index contributed by atoms with van der Waals surface area (Å²) in [5, 5.41) is 9.82. The zero-order valence-electron chi connectivity index (χ0n) is 15.7. The molecule has 0 aromatic heterocycles. The van der Waals surface area contributed by atoms with Crippen molar-refractivity contribution in [3.63, 3.8) is 0 Å². The fourth-order valence-electron chi connectivity index (χ4n) is 3.36. The van der Waals surface area contributed by atoms with Crippen molar-refractivity contribution in [2.24, 2.45) is 0 Å². The van der Waals surface area contributed by atoms with Gasteiger partial charge in [-0.15, -0.1) is 0 Å². The number of hydrogen-bond donors (Lipinski definition) is 1. The van der Waals surface area contributed by atoms with Gasteiger partial charge in [0.05, 0.1) is 12.7 Å². The number of aryl methyl sites for hydroxylation is 1. The first-order valence-electron chi connectivity index (χ1n) is 9.02. The highest BCUT2D eigenvalue weighted by Gasteiger charge is 2.33. The first-order chi connectivity index (χ1) is 13.5. The Balaban J connectivity index is 1.84. The van der Waals surface area contributed by atoms with Gasteiger partial charge in [0.1, 0.15) is 17.2 Å². The number of methoxy groups -OCH3 is 1. The number of benzene rings is 3. The summed E-state index contributed by atoms with van der Waals surface area (Å²) < 4.78 is 11.4. The van der Waals surface area contributed by atoms with E-state index < -0.39 is 6.10 Å². The molecule has 3 aromatic carbocycles. The SMILES string of the molecule is COc1ccc(C=C2C(=O)c3cc(O)ccc3OC2c2cccc(C)c2)cc1. The Hall–Kier alpha value is -3.53. The number of carbonyl (C=O) groups is 1. The molecule has 1 heterocycles. The number of rotatable bonds is 3. The van der Waals surface area contributed by atoms with Crippen LogP contribution in [0.2, 0.25) is 0 Å². The van der Waals surface area contributed by atoms with Crippen molar-refractivity contribution in [2.75, 3.05) is 7.11 Å². The number of aromatic hydroxyl groups is 1. The number of phenols is 1. The Morgan fingerprint density at radius 2 is 1.82 bits per heavy atom. The van der Waals surface area contributed by atoms with Gasteiger partial charge in [-0.3, -0.25) is 4.79 Å². The van der Waals surface area contributed by atoms with Crippen molar-refractivity contribution >= 4 is 11.9 Å². The molecule has 1 unspecified atom stereocenters. The maximum absolute atomic E-state index is 13.3. The molecule has 4 rings (SSSR count). The smallest absolute Gasteiger partial charge is 0.196 e. The van der Waals surface area contributed by atoms with Crippen LogP contribution in [0.1, 0.15) is 33.2 Å². The second-order valence-corrected chi connectivity index (χ2v) is 6.79. The molecule has 140 valence electrons. The Bertz CT molecular complexity index is 1060. The topological polar surface area (TPSA) is 55.8 Å². The van der Waals surface area contributed by atoms with Crippen LogP contribution in [0.4, 0.5) is 0 Å². The lowest BCUT2D eigenvalue weighted by molar-refractivity contribution is 0.0963. The van der Waals surface area contributed by atoms with Crippen LogP contribution < -0.4 is 9.47 Å². The first kappa shape index (κ1) is 17.9. The Labute approximate surface area is 163 Å². The van der Waals surface area contributed by atoms with Crippen LogP contribution in [0.25, 0.3) is 6.08 Å². The van der Waals surface area contributed by atoms with Crippen LogP contribution in [0.5, 0.6) is 17.2 Å². The second-order valence-electron chi connectivity index (χ2n) is 6.79. The van der Waals surface area contributed by atoms with Crippen LogP contribution >= 0.6 is 0 Å². The first-order valence-corrected chi connectivity index (χ1v) is 9.02. The van der Waals surface area contributed by atoms with E-state index in [0.717, 1.165) is 22.4 Å². The monoisotopic (exact) mass is 372 g/mol. The van der Waals surface area contributed by atoms with E-state index in [4.69, 9.17) is 9.47 Å². The van der Waals surface area contributed by atoms with Crippen LogP contribution in [-0.4, -0.2) is 18.0 Å². The van der Waals surface area contributed by atoms with Crippen molar-refractivity contribution in [1.82, 2.24) is 0 Å². The summed E-state index contributed by atoms with van der Waals surface area (Å²) in [5.41, 5.74) is 3.76. The van der Waals surface area contributed by atoms with Gasteiger partial charge in [0, 0.05) is 5.57 Å². The van der Waals surface area contributed by atoms with Crippen molar-refractivity contribution in [3.05, 3.63) is 94.6 Å². The minimum Gasteiger partial charge on any atom is -0.508 e. The van der Waals surface area contributed by atoms with Gasteiger partial charge < -0.3 is 14.6 Å². The third-order valence-electron chi connectivity index (χ3n) is 4.78. The fraction of sp³-hybridized carbons (Fsp3) is 0.125. The van der Waals surface area contributed by atoms with E-state index in [-0.39, 0.29) is 11.5 Å². The lowest BCUT2D eigenvalue weighted by Crippen LogP contribution is -2.23. The molecular weight excluding hydrogens is 352 g/mol. The summed E-state index contributed by atoms with van der Waals surface area (Å²) >= 11 is 0. The van der Waals surface area contributed by atoms with Gasteiger partial charge in [0.25, 0.3) is 0 Å². The number of hydrogen-bond acceptors (Lipinski definition) is 4. The molecule has 0 aliphatic carbocycles. The summed E-state index contributed by atoms with van der Waals surface area (Å²) in [6.45, 7) is 2.01. The molecule has 1 aliphatic heterocycles. The number of carbonyl (C=O) groups excluding carboxylic acids is 1. The Kier molecular flexibility index (Phi) is 4.62. The number of Topliss-reactive ketones (excluding diaryl/α,β-unsaturated/α-hetero) is 1. The molecule has 4 heteroatoms. The summed E-state index contributed by atoms with van der Waals surface area (Å²) in [5.74, 6) is 1.10. The molecule has 1 atom stereocenters. The van der Waals surface area contributed by atoms with Gasteiger partial charge in [0.15, 0.2) is 11.9 Å². The summed E-state index contributed by atoms with van der Waals surface area (Å²) in [4.78, 5) is 13.3. The number of ketones is 1. The van der Waals surface area contributed by atoms with Gasteiger partial charge in [-0.2, -0.15) is 0 Å². The van der Waals surface area contributed by atoms with E-state index in [1.54, 1.807) is 13.2 Å². The maximum atomic E-state index is 13.3. The highest BCUT2D eigenvalue weighted by molar-refractivity contribution is 6.14. The van der Waals surface area contributed by atoms with E-state index in [2.05, 4.69) is 0 Å². The largest absolute Gasteiger partial charge is 0.508 e. The predicted octanol–water partition coefficient (Wildman–Crippen LogP) is 5.11. The summed E-state index contributed by atoms with van der Waals surface area (Å²) in [7, 11) is 1.61. The zero-order chi connectivity index (χ0) is 19.7. The molecule has 1 aliphatic rings. The van der Waals surface area contributed by atoms with E-state index in [1.807, 2.05) is 61.5 Å². The highest BCUT2D eigenvalue weighted by Crippen LogP contribution is 2.40. The highest BCUT2D eigenvalue weighted by atomic mass is 16.5. The van der Waals surface area contributed by atoms with E-state index >= 15 is 0 Å². The van der Waals surface area contributed by atoms with Crippen molar-refractivity contribution < 1.29 is 19.4 Å². The minimum absolute atomic E-state index is 0.0357. The summed E-state index contributed by atoms with van der Waals surface area (Å²) in [6.07, 6.45) is 1.31. The molecule has 0 saturated carbocycles. The molecule has 0 radical (unpaired) electrons. The third kappa shape index (κ3) is 3.37. The molecule has 0 saturated heterocycles. The zero-order valence-corrected chi connectivity index (χ0v) is 15.7. The molecule has 0 fully saturated rings. The summed E-state index contributed by atoms with van der Waals surface area (Å²) in [6, 6.07) is 20.0. The van der Waals surface area contributed by atoms with Crippen LogP contribution in [0, 0.1) is 6.92 Å². The van der Waals surface area contributed by atoms with Crippen molar-refractivity contribution in [3.8, 4) is 17.2 Å². The van der Waals surface area contributed by atoms with Gasteiger partial charge >= 0.3 is 0 Å². The van der Waals surface area contributed by atoms with E-state index in [0.29, 0.717) is 16.9 Å². The molecule has 0 spiro atoms. The number of fused-ring (bicyclic) bond motifs is 1. The average molecular weight is 372 g/mol.